The van der Waals surface area contributed by atoms with Gasteiger partial charge < -0.3 is 15.1 Å². The summed E-state index contributed by atoms with van der Waals surface area (Å²) in [4.78, 5) is 28.4. The minimum atomic E-state index is -0.913. The molecular weight excluding hydrogens is 392 g/mol. The maximum atomic E-state index is 13.9. The molecule has 28 heavy (non-hydrogen) atoms. The Morgan fingerprint density at radius 1 is 1.21 bits per heavy atom. The van der Waals surface area contributed by atoms with Crippen LogP contribution < -0.4 is 5.32 Å². The maximum absolute atomic E-state index is 13.9. The lowest BCUT2D eigenvalue weighted by Gasteiger charge is -2.27. The predicted molar refractivity (Wildman–Crippen MR) is 98.3 cm³/mol. The first-order chi connectivity index (χ1) is 13.3. The second-order valence-corrected chi connectivity index (χ2v) is 7.33. The van der Waals surface area contributed by atoms with Gasteiger partial charge in [0, 0.05) is 44.7 Å². The number of aromatic nitrogens is 2. The van der Waals surface area contributed by atoms with Crippen molar-refractivity contribution in [1.82, 2.24) is 19.6 Å². The van der Waals surface area contributed by atoms with E-state index in [2.05, 4.69) is 10.4 Å². The number of benzene rings is 1. The highest BCUT2D eigenvalue weighted by atomic mass is 35.5. The first-order valence-corrected chi connectivity index (χ1v) is 9.27. The van der Waals surface area contributed by atoms with Crippen LogP contribution >= 0.6 is 11.6 Å². The molecule has 0 unspecified atom stereocenters. The van der Waals surface area contributed by atoms with Crippen LogP contribution in [0, 0.1) is 11.6 Å². The van der Waals surface area contributed by atoms with Crippen LogP contribution in [-0.4, -0.2) is 51.7 Å². The highest BCUT2D eigenvalue weighted by Crippen LogP contribution is 2.27. The zero-order chi connectivity index (χ0) is 20.0. The molecule has 2 aliphatic rings. The van der Waals surface area contributed by atoms with Gasteiger partial charge in [-0.1, -0.05) is 11.6 Å². The second kappa shape index (κ2) is 7.05. The fraction of sp³-hybridized carbons (Fsp3) is 0.389. The zero-order valence-electron chi connectivity index (χ0n) is 15.1. The molecule has 0 fully saturated rings. The summed E-state index contributed by atoms with van der Waals surface area (Å²) in [7, 11) is 1.74. The molecule has 2 aromatic rings. The number of carbonyl (C=O) groups is 2. The first kappa shape index (κ1) is 18.7. The third kappa shape index (κ3) is 3.19. The van der Waals surface area contributed by atoms with E-state index in [1.165, 1.54) is 4.90 Å². The lowest BCUT2D eigenvalue weighted by atomic mass is 10.0. The molecule has 1 aromatic heterocycles. The van der Waals surface area contributed by atoms with Gasteiger partial charge in [0.2, 0.25) is 0 Å². The number of rotatable bonds is 1. The number of aryl methyl sites for hydroxylation is 1. The van der Waals surface area contributed by atoms with Crippen LogP contribution in [0.25, 0.3) is 0 Å². The van der Waals surface area contributed by atoms with Gasteiger partial charge in [-0.2, -0.15) is 5.10 Å². The monoisotopic (exact) mass is 409 g/mol. The molecule has 0 bridgehead atoms. The second-order valence-electron chi connectivity index (χ2n) is 6.93. The Bertz CT molecular complexity index is 977. The molecular formula is C18H18ClF2N5O2. The van der Waals surface area contributed by atoms with Crippen molar-refractivity contribution >= 4 is 29.2 Å². The van der Waals surface area contributed by atoms with Gasteiger partial charge in [-0.3, -0.25) is 9.48 Å². The number of fused-ring (bicyclic) bond motifs is 3. The van der Waals surface area contributed by atoms with Crippen LogP contribution in [0.5, 0.6) is 0 Å². The summed E-state index contributed by atoms with van der Waals surface area (Å²) < 4.78 is 28.9. The van der Waals surface area contributed by atoms with Crippen LogP contribution in [0.3, 0.4) is 0 Å². The molecule has 148 valence electrons. The van der Waals surface area contributed by atoms with Gasteiger partial charge in [0.05, 0.1) is 22.9 Å². The maximum Gasteiger partial charge on any atom is 0.322 e. The topological polar surface area (TPSA) is 70.5 Å². The molecule has 3 heterocycles. The van der Waals surface area contributed by atoms with E-state index in [4.69, 9.17) is 11.6 Å². The number of hydrogen-bond acceptors (Lipinski definition) is 3. The molecule has 0 saturated carbocycles. The quantitative estimate of drug-likeness (QED) is 0.736. The molecule has 10 heteroatoms. The highest BCUT2D eigenvalue weighted by molar-refractivity contribution is 6.31. The molecule has 1 aromatic carbocycles. The van der Waals surface area contributed by atoms with Crippen LogP contribution in [-0.2, 0) is 19.5 Å². The Balaban J connectivity index is 1.57. The van der Waals surface area contributed by atoms with Crippen molar-refractivity contribution in [2.75, 3.05) is 25.5 Å². The molecule has 0 spiro atoms. The van der Waals surface area contributed by atoms with Gasteiger partial charge in [-0.25, -0.2) is 13.6 Å². The standard InChI is InChI=1S/C18H18ClF2N5O2/c1-24-4-2-5-26-16(17(24)27)10-9-25(6-3-14(10)23-26)18(28)22-15-7-11(19)12(20)8-13(15)21/h7-8H,2-6,9H2,1H3,(H,22,28). The van der Waals surface area contributed by atoms with Gasteiger partial charge in [0.25, 0.3) is 5.91 Å². The van der Waals surface area contributed by atoms with Crippen molar-refractivity contribution in [1.29, 1.82) is 0 Å². The number of hydrogen-bond donors (Lipinski definition) is 1. The summed E-state index contributed by atoms with van der Waals surface area (Å²) >= 11 is 5.67. The Labute approximate surface area is 164 Å². The average Bonchev–Trinajstić information content (AvgIpc) is 2.95. The van der Waals surface area contributed by atoms with Crippen molar-refractivity contribution in [3.05, 3.63) is 45.7 Å². The SMILES string of the molecule is CN1CCCn2nc3c(c2C1=O)CN(C(=O)Nc1cc(Cl)c(F)cc1F)CC3. The van der Waals surface area contributed by atoms with E-state index >= 15 is 0 Å². The summed E-state index contributed by atoms with van der Waals surface area (Å²) in [6.45, 7) is 1.85. The van der Waals surface area contributed by atoms with Crippen molar-refractivity contribution in [2.24, 2.45) is 0 Å². The summed E-state index contributed by atoms with van der Waals surface area (Å²) in [5.41, 5.74) is 1.83. The van der Waals surface area contributed by atoms with Crippen LogP contribution in [0.1, 0.15) is 28.2 Å². The van der Waals surface area contributed by atoms with Crippen molar-refractivity contribution in [2.45, 2.75) is 25.9 Å². The predicted octanol–water partition coefficient (Wildman–Crippen LogP) is 2.88. The van der Waals surface area contributed by atoms with E-state index in [1.54, 1.807) is 16.6 Å². The summed E-state index contributed by atoms with van der Waals surface area (Å²) in [5.74, 6) is -1.93. The summed E-state index contributed by atoms with van der Waals surface area (Å²) in [6.07, 6.45) is 1.30. The van der Waals surface area contributed by atoms with Crippen molar-refractivity contribution < 1.29 is 18.4 Å². The van der Waals surface area contributed by atoms with Gasteiger partial charge >= 0.3 is 6.03 Å². The van der Waals surface area contributed by atoms with E-state index in [-0.39, 0.29) is 23.2 Å². The number of nitrogens with zero attached hydrogens (tertiary/aromatic N) is 4. The molecule has 0 radical (unpaired) electrons. The van der Waals surface area contributed by atoms with Gasteiger partial charge in [-0.05, 0) is 12.5 Å². The smallest absolute Gasteiger partial charge is 0.322 e. The van der Waals surface area contributed by atoms with Crippen molar-refractivity contribution in [3.8, 4) is 0 Å². The Morgan fingerprint density at radius 3 is 2.79 bits per heavy atom. The zero-order valence-corrected chi connectivity index (χ0v) is 15.9. The Morgan fingerprint density at radius 2 is 2.00 bits per heavy atom. The lowest BCUT2D eigenvalue weighted by Crippen LogP contribution is -2.39. The largest absolute Gasteiger partial charge is 0.340 e. The van der Waals surface area contributed by atoms with Gasteiger partial charge in [0.15, 0.2) is 0 Å². The number of carbonyl (C=O) groups excluding carboxylic acids is 2. The number of amides is 3. The molecule has 0 atom stereocenters. The minimum absolute atomic E-state index is 0.120. The third-order valence-electron chi connectivity index (χ3n) is 5.05. The van der Waals surface area contributed by atoms with E-state index < -0.39 is 17.7 Å². The Hall–Kier alpha value is -2.68. The fourth-order valence-corrected chi connectivity index (χ4v) is 3.72. The number of anilines is 1. The molecule has 0 aliphatic carbocycles. The molecule has 2 aliphatic heterocycles. The van der Waals surface area contributed by atoms with E-state index in [1.807, 2.05) is 0 Å². The van der Waals surface area contributed by atoms with E-state index in [0.29, 0.717) is 37.8 Å². The molecule has 4 rings (SSSR count). The van der Waals surface area contributed by atoms with Gasteiger partial charge in [-0.15, -0.1) is 0 Å². The van der Waals surface area contributed by atoms with Crippen LogP contribution in [0.2, 0.25) is 5.02 Å². The van der Waals surface area contributed by atoms with E-state index in [0.717, 1.165) is 23.7 Å². The average molecular weight is 410 g/mol. The van der Waals surface area contributed by atoms with Crippen LogP contribution in [0.15, 0.2) is 12.1 Å². The summed E-state index contributed by atoms with van der Waals surface area (Å²) in [6, 6.07) is 1.10. The number of urea groups is 1. The van der Waals surface area contributed by atoms with E-state index in [9.17, 15) is 18.4 Å². The highest BCUT2D eigenvalue weighted by Gasteiger charge is 2.32. The first-order valence-electron chi connectivity index (χ1n) is 8.89. The molecule has 3 amide bonds. The molecule has 7 nitrogen and oxygen atoms in total. The number of nitrogens with one attached hydrogen (secondary N) is 1. The molecule has 0 saturated heterocycles. The normalized spacial score (nSPS) is 16.5. The molecule has 1 N–H and O–H groups in total. The number of halogens is 3. The third-order valence-corrected chi connectivity index (χ3v) is 5.34. The Kier molecular flexibility index (Phi) is 4.70. The minimum Gasteiger partial charge on any atom is -0.340 e. The fourth-order valence-electron chi connectivity index (χ4n) is 3.55. The van der Waals surface area contributed by atoms with Crippen molar-refractivity contribution in [3.63, 3.8) is 0 Å². The lowest BCUT2D eigenvalue weighted by molar-refractivity contribution is 0.0793. The summed E-state index contributed by atoms with van der Waals surface area (Å²) in [5, 5.41) is 6.68. The van der Waals surface area contributed by atoms with Gasteiger partial charge in [0.1, 0.15) is 17.3 Å². The van der Waals surface area contributed by atoms with Crippen LogP contribution in [0.4, 0.5) is 19.3 Å².